The lowest BCUT2D eigenvalue weighted by Gasteiger charge is -2.27. The van der Waals surface area contributed by atoms with Crippen molar-refractivity contribution in [3.8, 4) is 0 Å². The SMILES string of the molecule is CCC(C)N(CCOC)Cc1nc(C)cc(N)n1. The van der Waals surface area contributed by atoms with Crippen molar-refractivity contribution < 1.29 is 4.74 Å². The lowest BCUT2D eigenvalue weighted by Crippen LogP contribution is -2.35. The zero-order valence-electron chi connectivity index (χ0n) is 11.8. The van der Waals surface area contributed by atoms with Gasteiger partial charge in [-0.1, -0.05) is 6.92 Å². The number of nitrogen functional groups attached to an aromatic ring is 1. The molecule has 1 aromatic rings. The Morgan fingerprint density at radius 1 is 1.44 bits per heavy atom. The Bertz CT molecular complexity index is 350. The van der Waals surface area contributed by atoms with E-state index >= 15 is 0 Å². The third-order valence-corrected chi connectivity index (χ3v) is 3.06. The third-order valence-electron chi connectivity index (χ3n) is 3.06. The Labute approximate surface area is 109 Å². The second kappa shape index (κ2) is 7.28. The van der Waals surface area contributed by atoms with E-state index in [4.69, 9.17) is 10.5 Å². The molecule has 0 aromatic carbocycles. The molecule has 102 valence electrons. The molecule has 5 heteroatoms. The van der Waals surface area contributed by atoms with Gasteiger partial charge in [0.1, 0.15) is 11.6 Å². The Hall–Kier alpha value is -1.20. The van der Waals surface area contributed by atoms with E-state index in [2.05, 4.69) is 28.7 Å². The van der Waals surface area contributed by atoms with Crippen LogP contribution in [-0.2, 0) is 11.3 Å². The van der Waals surface area contributed by atoms with Crippen molar-refractivity contribution in [3.05, 3.63) is 17.6 Å². The zero-order chi connectivity index (χ0) is 13.5. The van der Waals surface area contributed by atoms with Gasteiger partial charge in [0.25, 0.3) is 0 Å². The van der Waals surface area contributed by atoms with Crippen LogP contribution in [0.4, 0.5) is 5.82 Å². The van der Waals surface area contributed by atoms with Crippen molar-refractivity contribution in [1.82, 2.24) is 14.9 Å². The average Bonchev–Trinajstić information content (AvgIpc) is 2.32. The summed E-state index contributed by atoms with van der Waals surface area (Å²) in [5.74, 6) is 1.32. The van der Waals surface area contributed by atoms with Gasteiger partial charge in [-0.05, 0) is 20.3 Å². The van der Waals surface area contributed by atoms with E-state index in [9.17, 15) is 0 Å². The molecule has 0 spiro atoms. The zero-order valence-corrected chi connectivity index (χ0v) is 11.8. The number of nitrogens with two attached hydrogens (primary N) is 1. The standard InChI is InChI=1S/C13H24N4O/c1-5-11(3)17(6-7-18-4)9-13-15-10(2)8-12(14)16-13/h8,11H,5-7,9H2,1-4H3,(H2,14,15,16). The first-order valence-corrected chi connectivity index (χ1v) is 6.39. The van der Waals surface area contributed by atoms with Crippen LogP contribution in [-0.4, -0.2) is 41.2 Å². The summed E-state index contributed by atoms with van der Waals surface area (Å²) in [7, 11) is 1.72. The highest BCUT2D eigenvalue weighted by Crippen LogP contribution is 2.09. The lowest BCUT2D eigenvalue weighted by atomic mass is 10.2. The molecule has 0 saturated carbocycles. The summed E-state index contributed by atoms with van der Waals surface area (Å²) in [6.45, 7) is 8.62. The fourth-order valence-electron chi connectivity index (χ4n) is 1.83. The first-order chi connectivity index (χ1) is 8.56. The minimum Gasteiger partial charge on any atom is -0.384 e. The molecule has 0 fully saturated rings. The van der Waals surface area contributed by atoms with Gasteiger partial charge in [-0.3, -0.25) is 4.90 Å². The highest BCUT2D eigenvalue weighted by atomic mass is 16.5. The molecule has 5 nitrogen and oxygen atoms in total. The molecule has 0 aliphatic carbocycles. The molecule has 1 atom stereocenters. The van der Waals surface area contributed by atoms with Gasteiger partial charge in [0.2, 0.25) is 0 Å². The first kappa shape index (κ1) is 14.9. The molecular formula is C13H24N4O. The van der Waals surface area contributed by atoms with Crippen molar-refractivity contribution in [2.24, 2.45) is 0 Å². The molecule has 0 radical (unpaired) electrons. The number of anilines is 1. The van der Waals surface area contributed by atoms with Crippen LogP contribution in [0, 0.1) is 6.92 Å². The molecule has 0 aliphatic rings. The van der Waals surface area contributed by atoms with Gasteiger partial charge in [-0.25, -0.2) is 9.97 Å². The maximum Gasteiger partial charge on any atom is 0.144 e. The van der Waals surface area contributed by atoms with Crippen LogP contribution in [0.1, 0.15) is 31.8 Å². The van der Waals surface area contributed by atoms with E-state index in [0.29, 0.717) is 25.0 Å². The van der Waals surface area contributed by atoms with Gasteiger partial charge in [-0.15, -0.1) is 0 Å². The number of hydrogen-bond donors (Lipinski definition) is 1. The molecule has 1 unspecified atom stereocenters. The van der Waals surface area contributed by atoms with Gasteiger partial charge < -0.3 is 10.5 Å². The molecule has 1 rings (SSSR count). The molecule has 0 saturated heterocycles. The summed E-state index contributed by atoms with van der Waals surface area (Å²) in [6.07, 6.45) is 1.09. The minimum atomic E-state index is 0.477. The van der Waals surface area contributed by atoms with Crippen molar-refractivity contribution >= 4 is 5.82 Å². The summed E-state index contributed by atoms with van der Waals surface area (Å²) in [6, 6.07) is 2.26. The maximum atomic E-state index is 5.75. The Morgan fingerprint density at radius 2 is 2.17 bits per heavy atom. The second-order valence-corrected chi connectivity index (χ2v) is 4.57. The van der Waals surface area contributed by atoms with Crippen molar-refractivity contribution in [2.75, 3.05) is 26.0 Å². The number of aryl methyl sites for hydroxylation is 1. The van der Waals surface area contributed by atoms with Crippen LogP contribution >= 0.6 is 0 Å². The van der Waals surface area contributed by atoms with E-state index < -0.39 is 0 Å². The summed E-state index contributed by atoms with van der Waals surface area (Å²) >= 11 is 0. The highest BCUT2D eigenvalue weighted by Gasteiger charge is 2.14. The quantitative estimate of drug-likeness (QED) is 0.798. The molecule has 0 amide bonds. The minimum absolute atomic E-state index is 0.477. The van der Waals surface area contributed by atoms with Crippen LogP contribution in [0.25, 0.3) is 0 Å². The fraction of sp³-hybridized carbons (Fsp3) is 0.692. The number of methoxy groups -OCH3 is 1. The summed E-state index contributed by atoms with van der Waals surface area (Å²) in [4.78, 5) is 11.0. The highest BCUT2D eigenvalue weighted by molar-refractivity contribution is 5.29. The fourth-order valence-corrected chi connectivity index (χ4v) is 1.83. The first-order valence-electron chi connectivity index (χ1n) is 6.39. The van der Waals surface area contributed by atoms with E-state index in [1.165, 1.54) is 0 Å². The summed E-state index contributed by atoms with van der Waals surface area (Å²) in [5, 5.41) is 0. The van der Waals surface area contributed by atoms with E-state index in [1.54, 1.807) is 13.2 Å². The predicted molar refractivity (Wildman–Crippen MR) is 73.2 cm³/mol. The smallest absolute Gasteiger partial charge is 0.144 e. The number of aromatic nitrogens is 2. The summed E-state index contributed by atoms with van der Waals surface area (Å²) in [5.41, 5.74) is 6.66. The Morgan fingerprint density at radius 3 is 2.72 bits per heavy atom. The molecule has 0 bridgehead atoms. The summed E-state index contributed by atoms with van der Waals surface area (Å²) < 4.78 is 5.14. The third kappa shape index (κ3) is 4.58. The number of nitrogens with zero attached hydrogens (tertiary/aromatic N) is 3. The van der Waals surface area contributed by atoms with Crippen molar-refractivity contribution in [2.45, 2.75) is 39.8 Å². The topological polar surface area (TPSA) is 64.3 Å². The maximum absolute atomic E-state index is 5.75. The van der Waals surface area contributed by atoms with Crippen molar-refractivity contribution in [1.29, 1.82) is 0 Å². The van der Waals surface area contributed by atoms with Gasteiger partial charge in [-0.2, -0.15) is 0 Å². The van der Waals surface area contributed by atoms with Crippen molar-refractivity contribution in [3.63, 3.8) is 0 Å². The monoisotopic (exact) mass is 252 g/mol. The normalized spacial score (nSPS) is 12.9. The largest absolute Gasteiger partial charge is 0.384 e. The molecule has 18 heavy (non-hydrogen) atoms. The molecule has 0 aliphatic heterocycles. The molecule has 1 heterocycles. The van der Waals surface area contributed by atoms with Crippen LogP contribution in [0.5, 0.6) is 0 Å². The van der Waals surface area contributed by atoms with Crippen LogP contribution < -0.4 is 5.73 Å². The lowest BCUT2D eigenvalue weighted by molar-refractivity contribution is 0.116. The van der Waals surface area contributed by atoms with Crippen LogP contribution in [0.2, 0.25) is 0 Å². The number of rotatable bonds is 7. The van der Waals surface area contributed by atoms with E-state index in [0.717, 1.165) is 24.5 Å². The second-order valence-electron chi connectivity index (χ2n) is 4.57. The van der Waals surface area contributed by atoms with Gasteiger partial charge >= 0.3 is 0 Å². The number of ether oxygens (including phenoxy) is 1. The van der Waals surface area contributed by atoms with Crippen LogP contribution in [0.3, 0.4) is 0 Å². The van der Waals surface area contributed by atoms with Crippen LogP contribution in [0.15, 0.2) is 6.07 Å². The van der Waals surface area contributed by atoms with Gasteiger partial charge in [0.15, 0.2) is 0 Å². The van der Waals surface area contributed by atoms with Gasteiger partial charge in [0, 0.05) is 31.5 Å². The number of hydrogen-bond acceptors (Lipinski definition) is 5. The Balaban J connectivity index is 2.74. The van der Waals surface area contributed by atoms with Gasteiger partial charge in [0.05, 0.1) is 13.2 Å². The molecule has 1 aromatic heterocycles. The Kier molecular flexibility index (Phi) is 6.01. The van der Waals surface area contributed by atoms with E-state index in [-0.39, 0.29) is 0 Å². The van der Waals surface area contributed by atoms with E-state index in [1.807, 2.05) is 6.92 Å². The molecule has 2 N–H and O–H groups in total. The average molecular weight is 252 g/mol. The predicted octanol–water partition coefficient (Wildman–Crippen LogP) is 1.61. The molecular weight excluding hydrogens is 228 g/mol.